The quantitative estimate of drug-likeness (QED) is 0.455. The van der Waals surface area contributed by atoms with E-state index in [1.165, 1.54) is 0 Å². The summed E-state index contributed by atoms with van der Waals surface area (Å²) in [6.07, 6.45) is 6.66. The third-order valence-corrected chi connectivity index (χ3v) is 3.94. The van der Waals surface area contributed by atoms with E-state index in [9.17, 15) is 4.79 Å². The number of imidazole rings is 1. The molecule has 0 radical (unpaired) electrons. The predicted molar refractivity (Wildman–Crippen MR) is 93.8 cm³/mol. The number of hydrogen-bond acceptors (Lipinski definition) is 5. The van der Waals surface area contributed by atoms with Crippen molar-refractivity contribution in [1.29, 1.82) is 0 Å². The minimum absolute atomic E-state index is 0.236. The van der Waals surface area contributed by atoms with Crippen LogP contribution in [0.15, 0.2) is 49.1 Å². The van der Waals surface area contributed by atoms with Crippen molar-refractivity contribution >= 4 is 22.6 Å². The molecule has 8 heteroatoms. The van der Waals surface area contributed by atoms with E-state index < -0.39 is 0 Å². The monoisotopic (exact) mass is 333 g/mol. The van der Waals surface area contributed by atoms with Gasteiger partial charge in [-0.25, -0.2) is 9.97 Å². The molecule has 0 saturated carbocycles. The lowest BCUT2D eigenvalue weighted by atomic mass is 10.0. The summed E-state index contributed by atoms with van der Waals surface area (Å²) in [5, 5.41) is 10.4. The molecular formula is C17H15N7O. The number of pyridine rings is 1. The highest BCUT2D eigenvalue weighted by atomic mass is 16.1. The van der Waals surface area contributed by atoms with E-state index in [0.717, 1.165) is 22.3 Å². The van der Waals surface area contributed by atoms with Crippen LogP contribution in [0.5, 0.6) is 0 Å². The number of anilines is 1. The van der Waals surface area contributed by atoms with Gasteiger partial charge in [-0.05, 0) is 23.8 Å². The van der Waals surface area contributed by atoms with Crippen LogP contribution in [0.4, 0.5) is 5.69 Å². The van der Waals surface area contributed by atoms with Crippen molar-refractivity contribution in [1.82, 2.24) is 25.1 Å². The highest BCUT2D eigenvalue weighted by Crippen LogP contribution is 2.23. The van der Waals surface area contributed by atoms with E-state index in [-0.39, 0.29) is 12.5 Å². The summed E-state index contributed by atoms with van der Waals surface area (Å²) >= 11 is 0. The van der Waals surface area contributed by atoms with E-state index in [2.05, 4.69) is 30.5 Å². The molecule has 5 N–H and O–H groups in total. The molecular weight excluding hydrogens is 318 g/mol. The Bertz CT molecular complexity index is 1040. The minimum atomic E-state index is -0.236. The van der Waals surface area contributed by atoms with Crippen molar-refractivity contribution < 1.29 is 4.79 Å². The SMILES string of the molecule is NCc1cc(-c2ncc[nH]2)ccc1C(=O)Nc1ccnc2[nH]ncc12. The first-order valence-electron chi connectivity index (χ1n) is 7.68. The summed E-state index contributed by atoms with van der Waals surface area (Å²) in [4.78, 5) is 24.1. The molecule has 0 aliphatic heterocycles. The summed E-state index contributed by atoms with van der Waals surface area (Å²) < 4.78 is 0. The third kappa shape index (κ3) is 2.74. The Morgan fingerprint density at radius 2 is 2.12 bits per heavy atom. The average Bonchev–Trinajstić information content (AvgIpc) is 3.33. The number of carbonyl (C=O) groups is 1. The van der Waals surface area contributed by atoms with Crippen molar-refractivity contribution in [2.24, 2.45) is 5.73 Å². The van der Waals surface area contributed by atoms with Gasteiger partial charge in [-0.15, -0.1) is 0 Å². The van der Waals surface area contributed by atoms with Gasteiger partial charge < -0.3 is 16.0 Å². The molecule has 0 spiro atoms. The topological polar surface area (TPSA) is 125 Å². The van der Waals surface area contributed by atoms with Gasteiger partial charge >= 0.3 is 0 Å². The molecule has 1 amide bonds. The second-order valence-corrected chi connectivity index (χ2v) is 5.46. The number of fused-ring (bicyclic) bond motifs is 1. The highest BCUT2D eigenvalue weighted by Gasteiger charge is 2.14. The van der Waals surface area contributed by atoms with Crippen molar-refractivity contribution in [3.63, 3.8) is 0 Å². The van der Waals surface area contributed by atoms with Gasteiger partial charge in [0.15, 0.2) is 5.65 Å². The number of nitrogens with zero attached hydrogens (tertiary/aromatic N) is 3. The first-order chi connectivity index (χ1) is 12.3. The number of aromatic nitrogens is 5. The lowest BCUT2D eigenvalue weighted by Crippen LogP contribution is -2.16. The Balaban J connectivity index is 1.67. The number of hydrogen-bond donors (Lipinski definition) is 4. The molecule has 0 unspecified atom stereocenters. The van der Waals surface area contributed by atoms with Gasteiger partial charge in [0.2, 0.25) is 0 Å². The molecule has 0 bridgehead atoms. The van der Waals surface area contributed by atoms with E-state index in [4.69, 9.17) is 5.73 Å². The number of benzene rings is 1. The Kier molecular flexibility index (Phi) is 3.71. The molecule has 8 nitrogen and oxygen atoms in total. The first-order valence-corrected chi connectivity index (χ1v) is 7.68. The van der Waals surface area contributed by atoms with Crippen LogP contribution in [0.1, 0.15) is 15.9 Å². The fourth-order valence-electron chi connectivity index (χ4n) is 2.70. The molecule has 4 aromatic rings. The maximum atomic E-state index is 12.7. The molecule has 0 aliphatic rings. The van der Waals surface area contributed by atoms with Crippen LogP contribution in [-0.4, -0.2) is 31.1 Å². The number of rotatable bonds is 4. The minimum Gasteiger partial charge on any atom is -0.345 e. The van der Waals surface area contributed by atoms with E-state index in [0.29, 0.717) is 16.9 Å². The van der Waals surface area contributed by atoms with E-state index >= 15 is 0 Å². The molecule has 0 fully saturated rings. The van der Waals surface area contributed by atoms with Gasteiger partial charge in [0.05, 0.1) is 17.3 Å². The number of nitrogens with two attached hydrogens (primary N) is 1. The maximum absolute atomic E-state index is 12.7. The Morgan fingerprint density at radius 3 is 2.92 bits per heavy atom. The van der Waals surface area contributed by atoms with Crippen molar-refractivity contribution in [3.05, 3.63) is 60.2 Å². The Hall–Kier alpha value is -3.52. The number of H-pyrrole nitrogens is 2. The summed E-state index contributed by atoms with van der Waals surface area (Å²) in [6, 6.07) is 7.19. The second-order valence-electron chi connectivity index (χ2n) is 5.46. The molecule has 3 heterocycles. The van der Waals surface area contributed by atoms with Crippen LogP contribution >= 0.6 is 0 Å². The zero-order valence-corrected chi connectivity index (χ0v) is 13.2. The molecule has 0 saturated heterocycles. The van der Waals surface area contributed by atoms with Gasteiger partial charge in [-0.3, -0.25) is 9.89 Å². The smallest absolute Gasteiger partial charge is 0.256 e. The molecule has 0 atom stereocenters. The molecule has 1 aromatic carbocycles. The number of amides is 1. The number of carbonyl (C=O) groups excluding carboxylic acids is 1. The summed E-state index contributed by atoms with van der Waals surface area (Å²) in [5.74, 6) is 0.496. The van der Waals surface area contributed by atoms with Gasteiger partial charge in [-0.1, -0.05) is 6.07 Å². The normalized spacial score (nSPS) is 10.9. The van der Waals surface area contributed by atoms with Crippen molar-refractivity contribution in [2.45, 2.75) is 6.54 Å². The number of nitrogens with one attached hydrogen (secondary N) is 3. The van der Waals surface area contributed by atoms with Gasteiger partial charge in [-0.2, -0.15) is 5.10 Å². The van der Waals surface area contributed by atoms with Crippen LogP contribution in [0.3, 0.4) is 0 Å². The summed E-state index contributed by atoms with van der Waals surface area (Å²) in [5.41, 5.74) is 9.24. The van der Waals surface area contributed by atoms with Gasteiger partial charge in [0.25, 0.3) is 5.91 Å². The lowest BCUT2D eigenvalue weighted by Gasteiger charge is -2.11. The molecule has 25 heavy (non-hydrogen) atoms. The largest absolute Gasteiger partial charge is 0.345 e. The van der Waals surface area contributed by atoms with Crippen molar-refractivity contribution in [3.8, 4) is 11.4 Å². The molecule has 3 aromatic heterocycles. The fourth-order valence-corrected chi connectivity index (χ4v) is 2.70. The average molecular weight is 333 g/mol. The lowest BCUT2D eigenvalue weighted by molar-refractivity contribution is 0.102. The van der Waals surface area contributed by atoms with E-state index in [1.807, 2.05) is 12.1 Å². The number of aromatic amines is 2. The van der Waals surface area contributed by atoms with E-state index in [1.54, 1.807) is 36.9 Å². The first kappa shape index (κ1) is 15.0. The predicted octanol–water partition coefficient (Wildman–Crippen LogP) is 2.06. The third-order valence-electron chi connectivity index (χ3n) is 3.94. The summed E-state index contributed by atoms with van der Waals surface area (Å²) in [6.45, 7) is 0.245. The van der Waals surface area contributed by atoms with Crippen LogP contribution < -0.4 is 11.1 Å². The Morgan fingerprint density at radius 1 is 1.20 bits per heavy atom. The van der Waals surface area contributed by atoms with Gasteiger partial charge in [0.1, 0.15) is 5.82 Å². The zero-order chi connectivity index (χ0) is 17.2. The van der Waals surface area contributed by atoms with Crippen LogP contribution in [0.2, 0.25) is 0 Å². The second kappa shape index (κ2) is 6.17. The Labute approximate surface area is 142 Å². The van der Waals surface area contributed by atoms with Crippen LogP contribution in [0.25, 0.3) is 22.4 Å². The molecule has 124 valence electrons. The summed E-state index contributed by atoms with van der Waals surface area (Å²) in [7, 11) is 0. The molecule has 4 rings (SSSR count). The standard InChI is InChI=1S/C17H15N7O/c18-8-11-7-10(15-20-5-6-21-15)1-2-12(11)17(25)23-14-3-4-19-16-13(14)9-22-24-16/h1-7,9H,8,18H2,(H,20,21)(H2,19,22,23,24,25). The van der Waals surface area contributed by atoms with Crippen molar-refractivity contribution in [2.75, 3.05) is 5.32 Å². The van der Waals surface area contributed by atoms with Crippen LogP contribution in [0, 0.1) is 0 Å². The fraction of sp³-hybridized carbons (Fsp3) is 0.0588. The molecule has 0 aliphatic carbocycles. The maximum Gasteiger partial charge on any atom is 0.256 e. The van der Waals surface area contributed by atoms with Crippen LogP contribution in [-0.2, 0) is 6.54 Å². The highest BCUT2D eigenvalue weighted by molar-refractivity contribution is 6.09. The zero-order valence-electron chi connectivity index (χ0n) is 13.2. The van der Waals surface area contributed by atoms with Gasteiger partial charge in [0, 0.05) is 36.3 Å².